The summed E-state index contributed by atoms with van der Waals surface area (Å²) < 4.78 is 47.0. The minimum Gasteiger partial charge on any atom is -0.372 e. The van der Waals surface area contributed by atoms with Crippen LogP contribution in [0.5, 0.6) is 0 Å². The summed E-state index contributed by atoms with van der Waals surface area (Å²) in [5.41, 5.74) is 1.04. The van der Waals surface area contributed by atoms with Crippen LogP contribution >= 0.6 is 0 Å². The highest BCUT2D eigenvalue weighted by Crippen LogP contribution is 2.39. The standard InChI is InChI=1S/C22H22F3N5O/c1-13-9-16(6-8-26-13)18-10-28-21(30-11-14(2)31-15(3)12-30)29-19(18)17-5-4-7-27-20(17)22(23,24)25/h4-10,14-15H,11-12H2,1-3H3/t14-,15+. The number of anilines is 1. The molecule has 4 heterocycles. The lowest BCUT2D eigenvalue weighted by Gasteiger charge is -2.35. The average Bonchev–Trinajstić information content (AvgIpc) is 2.72. The van der Waals surface area contributed by atoms with Gasteiger partial charge >= 0.3 is 6.18 Å². The molecular weight excluding hydrogens is 407 g/mol. The number of morpholine rings is 1. The van der Waals surface area contributed by atoms with Gasteiger partial charge in [0, 0.05) is 48.5 Å². The predicted octanol–water partition coefficient (Wildman–Crippen LogP) is 4.54. The number of ether oxygens (including phenoxy) is 1. The predicted molar refractivity (Wildman–Crippen MR) is 110 cm³/mol. The third kappa shape index (κ3) is 4.51. The van der Waals surface area contributed by atoms with E-state index in [1.807, 2.05) is 25.7 Å². The van der Waals surface area contributed by atoms with Crippen molar-refractivity contribution in [3.05, 3.63) is 54.2 Å². The second kappa shape index (κ2) is 8.22. The third-order valence-corrected chi connectivity index (χ3v) is 5.02. The summed E-state index contributed by atoms with van der Waals surface area (Å²) >= 11 is 0. The van der Waals surface area contributed by atoms with E-state index in [2.05, 4.69) is 19.9 Å². The van der Waals surface area contributed by atoms with E-state index in [9.17, 15) is 13.2 Å². The maximum atomic E-state index is 13.7. The number of hydrogen-bond acceptors (Lipinski definition) is 6. The van der Waals surface area contributed by atoms with Gasteiger partial charge in [-0.25, -0.2) is 9.97 Å². The number of pyridine rings is 2. The van der Waals surface area contributed by atoms with E-state index < -0.39 is 11.9 Å². The van der Waals surface area contributed by atoms with Gasteiger partial charge in [0.15, 0.2) is 5.69 Å². The fraction of sp³-hybridized carbons (Fsp3) is 0.364. The van der Waals surface area contributed by atoms with E-state index in [1.54, 1.807) is 24.5 Å². The molecule has 0 aromatic carbocycles. The Hall–Kier alpha value is -3.07. The summed E-state index contributed by atoms with van der Waals surface area (Å²) in [6, 6.07) is 6.40. The molecule has 4 rings (SSSR count). The van der Waals surface area contributed by atoms with Gasteiger partial charge in [0.05, 0.1) is 17.9 Å². The van der Waals surface area contributed by atoms with Gasteiger partial charge < -0.3 is 9.64 Å². The molecule has 0 N–H and O–H groups in total. The van der Waals surface area contributed by atoms with Crippen molar-refractivity contribution in [1.82, 2.24) is 19.9 Å². The molecule has 0 spiro atoms. The Kier molecular flexibility index (Phi) is 5.62. The molecule has 0 amide bonds. The highest BCUT2D eigenvalue weighted by molar-refractivity contribution is 5.82. The number of aryl methyl sites for hydroxylation is 1. The van der Waals surface area contributed by atoms with Crippen LogP contribution in [0.2, 0.25) is 0 Å². The number of alkyl halides is 3. The van der Waals surface area contributed by atoms with Crippen molar-refractivity contribution in [3.8, 4) is 22.4 Å². The number of nitrogens with zero attached hydrogens (tertiary/aromatic N) is 5. The van der Waals surface area contributed by atoms with Crippen molar-refractivity contribution in [2.75, 3.05) is 18.0 Å². The molecule has 3 aromatic heterocycles. The molecule has 1 aliphatic heterocycles. The number of aromatic nitrogens is 4. The summed E-state index contributed by atoms with van der Waals surface area (Å²) in [5, 5.41) is 0. The first-order valence-corrected chi connectivity index (χ1v) is 9.95. The molecule has 162 valence electrons. The Morgan fingerprint density at radius 2 is 1.74 bits per heavy atom. The highest BCUT2D eigenvalue weighted by Gasteiger charge is 2.36. The van der Waals surface area contributed by atoms with Crippen LogP contribution in [-0.4, -0.2) is 45.2 Å². The molecule has 1 fully saturated rings. The van der Waals surface area contributed by atoms with Crippen molar-refractivity contribution >= 4 is 5.95 Å². The van der Waals surface area contributed by atoms with E-state index in [1.165, 1.54) is 12.1 Å². The Labute approximate surface area is 178 Å². The molecule has 0 bridgehead atoms. The van der Waals surface area contributed by atoms with Crippen molar-refractivity contribution in [2.24, 2.45) is 0 Å². The Balaban J connectivity index is 1.90. The van der Waals surface area contributed by atoms with Crippen molar-refractivity contribution in [1.29, 1.82) is 0 Å². The van der Waals surface area contributed by atoms with Gasteiger partial charge in [0.2, 0.25) is 5.95 Å². The normalized spacial score (nSPS) is 19.5. The van der Waals surface area contributed by atoms with Crippen LogP contribution in [0.4, 0.5) is 19.1 Å². The van der Waals surface area contributed by atoms with Gasteiger partial charge in [-0.3, -0.25) is 9.97 Å². The first kappa shape index (κ1) is 21.2. The number of halogens is 3. The van der Waals surface area contributed by atoms with Gasteiger partial charge in [-0.05, 0) is 50.6 Å². The molecule has 0 unspecified atom stereocenters. The maximum Gasteiger partial charge on any atom is 0.434 e. The summed E-state index contributed by atoms with van der Waals surface area (Å²) in [5.74, 6) is 0.364. The second-order valence-electron chi connectivity index (χ2n) is 7.68. The topological polar surface area (TPSA) is 64.0 Å². The molecule has 0 saturated carbocycles. The lowest BCUT2D eigenvalue weighted by atomic mass is 9.99. The van der Waals surface area contributed by atoms with Crippen molar-refractivity contribution in [2.45, 2.75) is 39.2 Å². The number of rotatable bonds is 3. The van der Waals surface area contributed by atoms with Gasteiger partial charge in [0.1, 0.15) is 0 Å². The van der Waals surface area contributed by atoms with E-state index in [0.29, 0.717) is 30.2 Å². The van der Waals surface area contributed by atoms with Crippen LogP contribution in [-0.2, 0) is 10.9 Å². The first-order chi connectivity index (χ1) is 14.7. The average molecular weight is 429 g/mol. The molecule has 1 aliphatic rings. The molecule has 9 heteroatoms. The third-order valence-electron chi connectivity index (χ3n) is 5.02. The van der Waals surface area contributed by atoms with Gasteiger partial charge in [-0.2, -0.15) is 13.2 Å². The summed E-state index contributed by atoms with van der Waals surface area (Å²) in [6.45, 7) is 6.81. The van der Waals surface area contributed by atoms with Gasteiger partial charge in [-0.1, -0.05) is 0 Å². The zero-order valence-electron chi connectivity index (χ0n) is 17.4. The SMILES string of the molecule is Cc1cc(-c2cnc(N3C[C@@H](C)O[C@@H](C)C3)nc2-c2cccnc2C(F)(F)F)ccn1. The Morgan fingerprint density at radius 1 is 1.00 bits per heavy atom. The summed E-state index contributed by atoms with van der Waals surface area (Å²) in [6.07, 6.45) is -0.373. The maximum absolute atomic E-state index is 13.7. The van der Waals surface area contributed by atoms with E-state index in [-0.39, 0.29) is 23.5 Å². The fourth-order valence-corrected chi connectivity index (χ4v) is 3.82. The van der Waals surface area contributed by atoms with Crippen LogP contribution in [0, 0.1) is 6.92 Å². The molecule has 2 atom stereocenters. The molecule has 0 radical (unpaired) electrons. The Morgan fingerprint density at radius 3 is 2.42 bits per heavy atom. The minimum atomic E-state index is -4.62. The quantitative estimate of drug-likeness (QED) is 0.609. The minimum absolute atomic E-state index is 0.0394. The zero-order chi connectivity index (χ0) is 22.2. The van der Waals surface area contributed by atoms with E-state index in [0.717, 1.165) is 11.9 Å². The first-order valence-electron chi connectivity index (χ1n) is 9.95. The molecule has 3 aromatic rings. The molecule has 6 nitrogen and oxygen atoms in total. The lowest BCUT2D eigenvalue weighted by molar-refractivity contribution is -0.140. The second-order valence-corrected chi connectivity index (χ2v) is 7.68. The van der Waals surface area contributed by atoms with Crippen molar-refractivity contribution < 1.29 is 17.9 Å². The van der Waals surface area contributed by atoms with Crippen molar-refractivity contribution in [3.63, 3.8) is 0 Å². The van der Waals surface area contributed by atoms with Crippen LogP contribution in [0.3, 0.4) is 0 Å². The largest absolute Gasteiger partial charge is 0.434 e. The fourth-order valence-electron chi connectivity index (χ4n) is 3.82. The van der Waals surface area contributed by atoms with Crippen LogP contribution in [0.25, 0.3) is 22.4 Å². The monoisotopic (exact) mass is 429 g/mol. The Bertz CT molecular complexity index is 1080. The molecule has 31 heavy (non-hydrogen) atoms. The summed E-state index contributed by atoms with van der Waals surface area (Å²) in [7, 11) is 0. The van der Waals surface area contributed by atoms with Crippen LogP contribution < -0.4 is 4.90 Å². The highest BCUT2D eigenvalue weighted by atomic mass is 19.4. The summed E-state index contributed by atoms with van der Waals surface area (Å²) in [4.78, 5) is 18.8. The van der Waals surface area contributed by atoms with Crippen LogP contribution in [0.15, 0.2) is 42.9 Å². The van der Waals surface area contributed by atoms with E-state index in [4.69, 9.17) is 4.74 Å². The smallest absolute Gasteiger partial charge is 0.372 e. The molecule has 0 aliphatic carbocycles. The van der Waals surface area contributed by atoms with Gasteiger partial charge in [0.25, 0.3) is 0 Å². The molecular formula is C22H22F3N5O. The van der Waals surface area contributed by atoms with Gasteiger partial charge in [-0.15, -0.1) is 0 Å². The molecule has 1 saturated heterocycles. The zero-order valence-corrected chi connectivity index (χ0v) is 17.4. The number of hydrogen-bond donors (Lipinski definition) is 0. The lowest BCUT2D eigenvalue weighted by Crippen LogP contribution is -2.46. The van der Waals surface area contributed by atoms with E-state index >= 15 is 0 Å². The van der Waals surface area contributed by atoms with Crippen LogP contribution in [0.1, 0.15) is 25.2 Å².